The SMILES string of the molecule is N#CC1CCCCCC1NCCN1CCOCC1. The van der Waals surface area contributed by atoms with E-state index in [2.05, 4.69) is 16.3 Å². The lowest BCUT2D eigenvalue weighted by molar-refractivity contribution is 0.0379. The van der Waals surface area contributed by atoms with E-state index in [-0.39, 0.29) is 5.92 Å². The third-order valence-corrected chi connectivity index (χ3v) is 4.12. The quantitative estimate of drug-likeness (QED) is 0.767. The molecule has 2 unspecified atom stereocenters. The summed E-state index contributed by atoms with van der Waals surface area (Å²) in [6.07, 6.45) is 6.03. The van der Waals surface area contributed by atoms with E-state index in [4.69, 9.17) is 4.74 Å². The maximum absolute atomic E-state index is 9.22. The smallest absolute Gasteiger partial charge is 0.0672 e. The van der Waals surface area contributed by atoms with Crippen molar-refractivity contribution in [3.63, 3.8) is 0 Å². The van der Waals surface area contributed by atoms with E-state index in [0.717, 1.165) is 45.8 Å². The highest BCUT2D eigenvalue weighted by Gasteiger charge is 2.23. The number of hydrogen-bond acceptors (Lipinski definition) is 4. The third kappa shape index (κ3) is 4.24. The van der Waals surface area contributed by atoms with Gasteiger partial charge < -0.3 is 10.1 Å². The molecule has 0 spiro atoms. The molecule has 1 aliphatic carbocycles. The summed E-state index contributed by atoms with van der Waals surface area (Å²) >= 11 is 0. The lowest BCUT2D eigenvalue weighted by Crippen LogP contribution is -2.43. The van der Waals surface area contributed by atoms with Crippen LogP contribution >= 0.6 is 0 Å². The second-order valence-electron chi connectivity index (χ2n) is 5.39. The van der Waals surface area contributed by atoms with Crippen LogP contribution in [-0.4, -0.2) is 50.3 Å². The van der Waals surface area contributed by atoms with Crippen molar-refractivity contribution in [1.82, 2.24) is 10.2 Å². The van der Waals surface area contributed by atoms with Crippen LogP contribution in [0.3, 0.4) is 0 Å². The molecule has 4 heteroatoms. The number of hydrogen-bond donors (Lipinski definition) is 1. The highest BCUT2D eigenvalue weighted by Crippen LogP contribution is 2.22. The molecule has 1 saturated heterocycles. The van der Waals surface area contributed by atoms with Gasteiger partial charge in [0.2, 0.25) is 0 Å². The monoisotopic (exact) mass is 251 g/mol. The number of nitrogens with one attached hydrogen (secondary N) is 1. The summed E-state index contributed by atoms with van der Waals surface area (Å²) in [5, 5.41) is 12.8. The van der Waals surface area contributed by atoms with Crippen LogP contribution in [-0.2, 0) is 4.74 Å². The van der Waals surface area contributed by atoms with Gasteiger partial charge in [0.1, 0.15) is 0 Å². The number of nitriles is 1. The fourth-order valence-corrected chi connectivity index (χ4v) is 2.94. The minimum absolute atomic E-state index is 0.220. The van der Waals surface area contributed by atoms with Crippen molar-refractivity contribution in [2.45, 2.75) is 38.1 Å². The summed E-state index contributed by atoms with van der Waals surface area (Å²) in [5.74, 6) is 0.220. The molecule has 0 amide bonds. The molecular formula is C14H25N3O. The van der Waals surface area contributed by atoms with Crippen LogP contribution in [0.4, 0.5) is 0 Å². The molecule has 0 radical (unpaired) electrons. The van der Waals surface area contributed by atoms with Crippen LogP contribution in [0.5, 0.6) is 0 Å². The van der Waals surface area contributed by atoms with E-state index in [0.29, 0.717) is 6.04 Å². The largest absolute Gasteiger partial charge is 0.379 e. The summed E-state index contributed by atoms with van der Waals surface area (Å²) in [5.41, 5.74) is 0. The van der Waals surface area contributed by atoms with Crippen molar-refractivity contribution in [2.24, 2.45) is 5.92 Å². The Balaban J connectivity index is 1.68. The van der Waals surface area contributed by atoms with E-state index >= 15 is 0 Å². The third-order valence-electron chi connectivity index (χ3n) is 4.12. The summed E-state index contributed by atoms with van der Waals surface area (Å²) in [7, 11) is 0. The predicted molar refractivity (Wildman–Crippen MR) is 71.2 cm³/mol. The van der Waals surface area contributed by atoms with Gasteiger partial charge >= 0.3 is 0 Å². The number of ether oxygens (including phenoxy) is 1. The van der Waals surface area contributed by atoms with E-state index in [1.54, 1.807) is 0 Å². The summed E-state index contributed by atoms with van der Waals surface area (Å²) in [4.78, 5) is 2.44. The zero-order valence-corrected chi connectivity index (χ0v) is 11.2. The highest BCUT2D eigenvalue weighted by molar-refractivity contribution is 4.93. The van der Waals surface area contributed by atoms with E-state index in [1.165, 1.54) is 25.7 Å². The number of rotatable bonds is 4. The van der Waals surface area contributed by atoms with Gasteiger partial charge in [-0.05, 0) is 12.8 Å². The van der Waals surface area contributed by atoms with E-state index in [9.17, 15) is 5.26 Å². The van der Waals surface area contributed by atoms with Crippen LogP contribution < -0.4 is 5.32 Å². The van der Waals surface area contributed by atoms with Crippen molar-refractivity contribution in [2.75, 3.05) is 39.4 Å². The standard InChI is InChI=1S/C14H25N3O/c15-12-13-4-2-1-3-5-14(13)16-6-7-17-8-10-18-11-9-17/h13-14,16H,1-11H2. The van der Waals surface area contributed by atoms with Gasteiger partial charge in [0.15, 0.2) is 0 Å². The van der Waals surface area contributed by atoms with Gasteiger partial charge in [-0.1, -0.05) is 19.3 Å². The van der Waals surface area contributed by atoms with Crippen LogP contribution in [0.25, 0.3) is 0 Å². The molecule has 18 heavy (non-hydrogen) atoms. The summed E-state index contributed by atoms with van der Waals surface area (Å²) in [6.45, 7) is 5.91. The molecule has 4 nitrogen and oxygen atoms in total. The minimum Gasteiger partial charge on any atom is -0.379 e. The van der Waals surface area contributed by atoms with E-state index in [1.807, 2.05) is 0 Å². The predicted octanol–water partition coefficient (Wildman–Crippen LogP) is 1.38. The van der Waals surface area contributed by atoms with Gasteiger partial charge in [-0.3, -0.25) is 4.90 Å². The van der Waals surface area contributed by atoms with Crippen LogP contribution in [0, 0.1) is 17.2 Å². The Bertz CT molecular complexity index is 271. The molecule has 2 fully saturated rings. The van der Waals surface area contributed by atoms with Crippen LogP contribution in [0.15, 0.2) is 0 Å². The Morgan fingerprint density at radius 3 is 2.72 bits per heavy atom. The van der Waals surface area contributed by atoms with E-state index < -0.39 is 0 Å². The summed E-state index contributed by atoms with van der Waals surface area (Å²) in [6, 6.07) is 2.90. The average molecular weight is 251 g/mol. The maximum atomic E-state index is 9.22. The van der Waals surface area contributed by atoms with Gasteiger partial charge in [0.25, 0.3) is 0 Å². The second kappa shape index (κ2) is 7.73. The molecule has 1 aliphatic heterocycles. The molecular weight excluding hydrogens is 226 g/mol. The van der Waals surface area contributed by atoms with Crippen molar-refractivity contribution in [3.05, 3.63) is 0 Å². The van der Waals surface area contributed by atoms with Gasteiger partial charge in [-0.25, -0.2) is 0 Å². The lowest BCUT2D eigenvalue weighted by atomic mass is 9.96. The molecule has 1 saturated carbocycles. The highest BCUT2D eigenvalue weighted by atomic mass is 16.5. The van der Waals surface area contributed by atoms with Crippen LogP contribution in [0.2, 0.25) is 0 Å². The van der Waals surface area contributed by atoms with Gasteiger partial charge in [-0.15, -0.1) is 0 Å². The Labute approximate surface area is 110 Å². The molecule has 1 N–H and O–H groups in total. The summed E-state index contributed by atoms with van der Waals surface area (Å²) < 4.78 is 5.34. The number of nitrogens with zero attached hydrogens (tertiary/aromatic N) is 2. The molecule has 0 aromatic carbocycles. The molecule has 0 aromatic heterocycles. The second-order valence-corrected chi connectivity index (χ2v) is 5.39. The normalized spacial score (nSPS) is 30.6. The van der Waals surface area contributed by atoms with Gasteiger partial charge in [-0.2, -0.15) is 5.26 Å². The first-order chi connectivity index (χ1) is 8.90. The molecule has 0 aromatic rings. The van der Waals surface area contributed by atoms with Crippen molar-refractivity contribution >= 4 is 0 Å². The topological polar surface area (TPSA) is 48.3 Å². The fraction of sp³-hybridized carbons (Fsp3) is 0.929. The maximum Gasteiger partial charge on any atom is 0.0672 e. The fourth-order valence-electron chi connectivity index (χ4n) is 2.94. The Hall–Kier alpha value is -0.630. The Morgan fingerprint density at radius 1 is 1.17 bits per heavy atom. The zero-order valence-electron chi connectivity index (χ0n) is 11.2. The molecule has 1 heterocycles. The van der Waals surface area contributed by atoms with Crippen molar-refractivity contribution in [1.29, 1.82) is 5.26 Å². The average Bonchev–Trinajstić information content (AvgIpc) is 2.65. The molecule has 102 valence electrons. The Kier molecular flexibility index (Phi) is 5.92. The molecule has 2 aliphatic rings. The first kappa shape index (κ1) is 13.8. The van der Waals surface area contributed by atoms with Crippen LogP contribution in [0.1, 0.15) is 32.1 Å². The number of morpholine rings is 1. The zero-order chi connectivity index (χ0) is 12.6. The molecule has 2 rings (SSSR count). The van der Waals surface area contributed by atoms with Gasteiger partial charge in [0, 0.05) is 32.2 Å². The minimum atomic E-state index is 0.220. The lowest BCUT2D eigenvalue weighted by Gasteiger charge is -2.28. The van der Waals surface area contributed by atoms with Crippen molar-refractivity contribution < 1.29 is 4.74 Å². The first-order valence-corrected chi connectivity index (χ1v) is 7.33. The molecule has 0 bridgehead atoms. The van der Waals surface area contributed by atoms with Crippen molar-refractivity contribution in [3.8, 4) is 6.07 Å². The first-order valence-electron chi connectivity index (χ1n) is 7.33. The Morgan fingerprint density at radius 2 is 1.94 bits per heavy atom. The molecule has 2 atom stereocenters. The van der Waals surface area contributed by atoms with Gasteiger partial charge in [0.05, 0.1) is 25.2 Å².